The molecule has 1 heterocycles. The van der Waals surface area contributed by atoms with Crippen molar-refractivity contribution in [2.24, 2.45) is 0 Å². The van der Waals surface area contributed by atoms with Crippen molar-refractivity contribution in [1.82, 2.24) is 10.3 Å². The fourth-order valence-corrected chi connectivity index (χ4v) is 2.88. The summed E-state index contributed by atoms with van der Waals surface area (Å²) in [5, 5.41) is 3.36. The quantitative estimate of drug-likeness (QED) is 0.532. The van der Waals surface area contributed by atoms with E-state index in [0.717, 1.165) is 5.56 Å². The van der Waals surface area contributed by atoms with Crippen LogP contribution in [0, 0.1) is 5.82 Å². The second kappa shape index (κ2) is 10.0. The van der Waals surface area contributed by atoms with E-state index in [1.807, 2.05) is 19.1 Å². The van der Waals surface area contributed by atoms with Crippen molar-refractivity contribution in [2.45, 2.75) is 25.8 Å². The molecule has 8 heteroatoms. The molecule has 0 saturated carbocycles. The number of esters is 1. The van der Waals surface area contributed by atoms with Crippen LogP contribution in [0.4, 0.5) is 4.39 Å². The Bertz CT molecular complexity index is 1020. The number of ether oxygens (including phenoxy) is 1. The molecule has 3 rings (SSSR count). The summed E-state index contributed by atoms with van der Waals surface area (Å²) in [4.78, 5) is 27.9. The summed E-state index contributed by atoms with van der Waals surface area (Å²) in [6.07, 6.45) is 1.57. The molecule has 0 aliphatic rings. The zero-order chi connectivity index (χ0) is 21.5. The van der Waals surface area contributed by atoms with Crippen LogP contribution in [-0.4, -0.2) is 23.5 Å². The lowest BCUT2D eigenvalue weighted by molar-refractivity contribution is -0.148. The molecule has 1 atom stereocenters. The summed E-state index contributed by atoms with van der Waals surface area (Å²) in [7, 11) is 0. The van der Waals surface area contributed by atoms with Crippen molar-refractivity contribution in [3.05, 3.63) is 77.0 Å². The summed E-state index contributed by atoms with van der Waals surface area (Å²) in [5.41, 5.74) is 1.18. The van der Waals surface area contributed by atoms with E-state index in [9.17, 15) is 14.0 Å². The van der Waals surface area contributed by atoms with E-state index >= 15 is 0 Å². The molecule has 1 amide bonds. The molecule has 1 unspecified atom stereocenters. The molecular formula is C22H20ClFN2O4. The fraction of sp³-hybridized carbons (Fsp3) is 0.227. The van der Waals surface area contributed by atoms with Gasteiger partial charge in [0.15, 0.2) is 18.3 Å². The van der Waals surface area contributed by atoms with E-state index in [4.69, 9.17) is 20.8 Å². The smallest absolute Gasteiger partial charge is 0.306 e. The topological polar surface area (TPSA) is 81.4 Å². The minimum Gasteiger partial charge on any atom is -0.456 e. The Morgan fingerprint density at radius 2 is 1.93 bits per heavy atom. The van der Waals surface area contributed by atoms with Gasteiger partial charge in [-0.25, -0.2) is 9.37 Å². The van der Waals surface area contributed by atoms with Crippen LogP contribution in [0.3, 0.4) is 0 Å². The number of aryl methyl sites for hydroxylation is 1. The van der Waals surface area contributed by atoms with Crippen molar-refractivity contribution in [1.29, 1.82) is 0 Å². The minimum atomic E-state index is -0.560. The van der Waals surface area contributed by atoms with Crippen LogP contribution in [-0.2, 0) is 20.7 Å². The van der Waals surface area contributed by atoms with Crippen LogP contribution in [0.15, 0.2) is 59.1 Å². The molecule has 3 aromatic rings. The first-order chi connectivity index (χ1) is 14.4. The third-order valence-electron chi connectivity index (χ3n) is 4.35. The second-order valence-corrected chi connectivity index (χ2v) is 7.04. The summed E-state index contributed by atoms with van der Waals surface area (Å²) in [6.45, 7) is 1.43. The van der Waals surface area contributed by atoms with Crippen LogP contribution >= 0.6 is 11.6 Å². The van der Waals surface area contributed by atoms with Gasteiger partial charge < -0.3 is 14.5 Å². The number of carbonyl (C=O) groups excluding carboxylic acids is 2. The molecule has 2 aromatic carbocycles. The van der Waals surface area contributed by atoms with Crippen molar-refractivity contribution in [3.63, 3.8) is 0 Å². The van der Waals surface area contributed by atoms with Crippen LogP contribution in [0.25, 0.3) is 11.3 Å². The minimum absolute atomic E-state index is 0.0166. The van der Waals surface area contributed by atoms with E-state index < -0.39 is 17.7 Å². The number of oxazole rings is 1. The molecule has 0 aliphatic carbocycles. The van der Waals surface area contributed by atoms with E-state index in [2.05, 4.69) is 10.3 Å². The van der Waals surface area contributed by atoms with Crippen LogP contribution in [0.2, 0.25) is 5.02 Å². The van der Waals surface area contributed by atoms with Gasteiger partial charge in [-0.3, -0.25) is 9.59 Å². The maximum atomic E-state index is 13.8. The highest BCUT2D eigenvalue weighted by atomic mass is 35.5. The standard InChI is InChI=1S/C22H20ClFN2O4/c1-14(15-6-8-16(23)9-7-15)26-20(27)13-29-22(28)11-10-21-25-12-19(30-21)17-4-2-3-5-18(17)24/h2-9,12,14H,10-11,13H2,1H3,(H,26,27). The summed E-state index contributed by atoms with van der Waals surface area (Å²) in [6, 6.07) is 13.0. The lowest BCUT2D eigenvalue weighted by Crippen LogP contribution is -2.31. The average molecular weight is 431 g/mol. The highest BCUT2D eigenvalue weighted by Gasteiger charge is 2.14. The predicted octanol–water partition coefficient (Wildman–Crippen LogP) is 4.49. The lowest BCUT2D eigenvalue weighted by Gasteiger charge is -2.14. The molecule has 0 spiro atoms. The predicted molar refractivity (Wildman–Crippen MR) is 109 cm³/mol. The molecule has 1 aromatic heterocycles. The SMILES string of the molecule is CC(NC(=O)COC(=O)CCc1ncc(-c2ccccc2F)o1)c1ccc(Cl)cc1. The highest BCUT2D eigenvalue weighted by molar-refractivity contribution is 6.30. The van der Waals surface area contributed by atoms with Crippen LogP contribution in [0.5, 0.6) is 0 Å². The molecule has 1 N–H and O–H groups in total. The van der Waals surface area contributed by atoms with Gasteiger partial charge in [-0.2, -0.15) is 0 Å². The Labute approximate surface area is 178 Å². The summed E-state index contributed by atoms with van der Waals surface area (Å²) in [5.74, 6) is -0.824. The first kappa shape index (κ1) is 21.5. The summed E-state index contributed by atoms with van der Waals surface area (Å²) >= 11 is 5.85. The lowest BCUT2D eigenvalue weighted by atomic mass is 10.1. The highest BCUT2D eigenvalue weighted by Crippen LogP contribution is 2.23. The Morgan fingerprint density at radius 1 is 1.20 bits per heavy atom. The van der Waals surface area contributed by atoms with Gasteiger partial charge in [0.05, 0.1) is 24.2 Å². The van der Waals surface area contributed by atoms with Gasteiger partial charge in [-0.1, -0.05) is 35.9 Å². The molecule has 0 saturated heterocycles. The number of hydrogen-bond acceptors (Lipinski definition) is 5. The molecule has 0 radical (unpaired) electrons. The third kappa shape index (κ3) is 5.90. The van der Waals surface area contributed by atoms with Gasteiger partial charge in [-0.05, 0) is 36.8 Å². The molecule has 156 valence electrons. The zero-order valence-electron chi connectivity index (χ0n) is 16.2. The van der Waals surface area contributed by atoms with Crippen molar-refractivity contribution < 1.29 is 23.1 Å². The monoisotopic (exact) mass is 430 g/mol. The second-order valence-electron chi connectivity index (χ2n) is 6.60. The fourth-order valence-electron chi connectivity index (χ4n) is 2.76. The van der Waals surface area contributed by atoms with Gasteiger partial charge in [-0.15, -0.1) is 0 Å². The normalized spacial score (nSPS) is 11.7. The largest absolute Gasteiger partial charge is 0.456 e. The van der Waals surface area contributed by atoms with E-state index in [0.29, 0.717) is 10.6 Å². The van der Waals surface area contributed by atoms with Gasteiger partial charge >= 0.3 is 5.97 Å². The number of carbonyl (C=O) groups is 2. The number of benzene rings is 2. The van der Waals surface area contributed by atoms with Gasteiger partial charge in [0.1, 0.15) is 5.82 Å². The number of aromatic nitrogens is 1. The van der Waals surface area contributed by atoms with Crippen LogP contribution in [0.1, 0.15) is 30.8 Å². The number of rotatable bonds is 8. The van der Waals surface area contributed by atoms with Crippen LogP contribution < -0.4 is 5.32 Å². The Hall–Kier alpha value is -3.19. The molecule has 0 fully saturated rings. The number of nitrogens with zero attached hydrogens (tertiary/aromatic N) is 1. The zero-order valence-corrected chi connectivity index (χ0v) is 17.0. The number of halogens is 2. The summed E-state index contributed by atoms with van der Waals surface area (Å²) < 4.78 is 24.3. The third-order valence-corrected chi connectivity index (χ3v) is 4.60. The number of amides is 1. The first-order valence-electron chi connectivity index (χ1n) is 9.32. The van der Waals surface area contributed by atoms with E-state index in [-0.39, 0.29) is 37.1 Å². The molecular weight excluding hydrogens is 411 g/mol. The van der Waals surface area contributed by atoms with E-state index in [1.165, 1.54) is 12.3 Å². The van der Waals surface area contributed by atoms with Gasteiger partial charge in [0.2, 0.25) is 0 Å². The maximum Gasteiger partial charge on any atom is 0.306 e. The van der Waals surface area contributed by atoms with Crippen molar-refractivity contribution in [3.8, 4) is 11.3 Å². The molecule has 30 heavy (non-hydrogen) atoms. The Morgan fingerprint density at radius 3 is 2.67 bits per heavy atom. The van der Waals surface area contributed by atoms with E-state index in [1.54, 1.807) is 30.3 Å². The Kier molecular flexibility index (Phi) is 7.19. The average Bonchev–Trinajstić information content (AvgIpc) is 3.20. The van der Waals surface area contributed by atoms with Crippen molar-refractivity contribution in [2.75, 3.05) is 6.61 Å². The van der Waals surface area contributed by atoms with Gasteiger partial charge in [0.25, 0.3) is 5.91 Å². The number of hydrogen-bond donors (Lipinski definition) is 1. The molecule has 0 bridgehead atoms. The maximum absolute atomic E-state index is 13.8. The number of nitrogens with one attached hydrogen (secondary N) is 1. The van der Waals surface area contributed by atoms with Crippen molar-refractivity contribution >= 4 is 23.5 Å². The molecule has 6 nitrogen and oxygen atoms in total. The molecule has 0 aliphatic heterocycles. The Balaban J connectivity index is 1.42. The van der Waals surface area contributed by atoms with Gasteiger partial charge in [0, 0.05) is 11.4 Å². The first-order valence-corrected chi connectivity index (χ1v) is 9.70.